The molecular weight excluding hydrogens is 582 g/mol. The number of nitrogens with zero attached hydrogens (tertiary/aromatic N) is 1. The minimum Gasteiger partial charge on any atom is -0.461 e. The van der Waals surface area contributed by atoms with Crippen molar-refractivity contribution in [3.05, 3.63) is 35.9 Å². The van der Waals surface area contributed by atoms with E-state index in [0.717, 1.165) is 58.0 Å². The summed E-state index contributed by atoms with van der Waals surface area (Å²) in [5.41, 5.74) is 18.2. The van der Waals surface area contributed by atoms with Crippen molar-refractivity contribution in [2.24, 2.45) is 63.5 Å². The number of fused-ring (bicyclic) bond motifs is 5. The van der Waals surface area contributed by atoms with Gasteiger partial charge in [0.2, 0.25) is 5.91 Å². The molecule has 10 heteroatoms. The van der Waals surface area contributed by atoms with Crippen LogP contribution in [0, 0.1) is 46.3 Å². The first kappa shape index (κ1) is 34.8. The SMILES string of the molecule is C[C@H](CN(C)Cc1ccccc1)[C@H]1CC[C@H]2[C@@H]3[C@H](OC(=O)CN)C[C@@H]4C[C@H](NC(=O)CN)CC[C@]4(C)[C@H]3C[C@H](OC(=O)CN)[C@]12C. The van der Waals surface area contributed by atoms with E-state index in [4.69, 9.17) is 26.7 Å². The van der Waals surface area contributed by atoms with E-state index in [9.17, 15) is 14.4 Å². The van der Waals surface area contributed by atoms with Crippen molar-refractivity contribution in [1.29, 1.82) is 0 Å². The van der Waals surface area contributed by atoms with Gasteiger partial charge in [-0.15, -0.1) is 0 Å². The maximum absolute atomic E-state index is 12.9. The van der Waals surface area contributed by atoms with Crippen LogP contribution >= 0.6 is 0 Å². The zero-order valence-electron chi connectivity index (χ0n) is 28.3. The van der Waals surface area contributed by atoms with Gasteiger partial charge in [-0.2, -0.15) is 0 Å². The van der Waals surface area contributed by atoms with Crippen LogP contribution in [0.2, 0.25) is 0 Å². The van der Waals surface area contributed by atoms with Gasteiger partial charge < -0.3 is 36.9 Å². The highest BCUT2D eigenvalue weighted by Crippen LogP contribution is 2.69. The number of amides is 1. The molecule has 0 bridgehead atoms. The first-order chi connectivity index (χ1) is 21.9. The van der Waals surface area contributed by atoms with Crippen LogP contribution in [0.4, 0.5) is 0 Å². The number of carbonyl (C=O) groups excluding carboxylic acids is 3. The molecule has 7 N–H and O–H groups in total. The van der Waals surface area contributed by atoms with Crippen molar-refractivity contribution < 1.29 is 23.9 Å². The first-order valence-electron chi connectivity index (χ1n) is 17.5. The molecule has 10 nitrogen and oxygen atoms in total. The summed E-state index contributed by atoms with van der Waals surface area (Å²) >= 11 is 0. The molecule has 1 amide bonds. The lowest BCUT2D eigenvalue weighted by molar-refractivity contribution is -0.221. The number of hydrogen-bond acceptors (Lipinski definition) is 9. The molecule has 1 aromatic rings. The molecule has 0 radical (unpaired) electrons. The van der Waals surface area contributed by atoms with E-state index in [1.165, 1.54) is 5.56 Å². The van der Waals surface area contributed by atoms with Crippen LogP contribution in [0.3, 0.4) is 0 Å². The molecule has 5 rings (SSSR count). The van der Waals surface area contributed by atoms with Crippen molar-refractivity contribution in [1.82, 2.24) is 10.2 Å². The Bertz CT molecular complexity index is 1230. The number of ether oxygens (including phenoxy) is 2. The largest absolute Gasteiger partial charge is 0.461 e. The highest BCUT2D eigenvalue weighted by atomic mass is 16.6. The van der Waals surface area contributed by atoms with Crippen molar-refractivity contribution in [2.75, 3.05) is 33.2 Å². The molecule has 0 saturated heterocycles. The third-order valence-corrected chi connectivity index (χ3v) is 12.8. The fourth-order valence-electron chi connectivity index (χ4n) is 10.8. The quantitative estimate of drug-likeness (QED) is 0.267. The average molecular weight is 640 g/mol. The Hall–Kier alpha value is -2.53. The molecule has 4 saturated carbocycles. The van der Waals surface area contributed by atoms with Crippen LogP contribution in [0.1, 0.15) is 71.3 Å². The zero-order chi connectivity index (χ0) is 33.2. The van der Waals surface area contributed by atoms with Gasteiger partial charge in [-0.3, -0.25) is 14.4 Å². The van der Waals surface area contributed by atoms with E-state index >= 15 is 0 Å². The summed E-state index contributed by atoms with van der Waals surface area (Å²) in [7, 11) is 2.18. The number of benzene rings is 1. The second-order valence-electron chi connectivity index (χ2n) is 15.3. The molecule has 256 valence electrons. The predicted molar refractivity (Wildman–Crippen MR) is 177 cm³/mol. The first-order valence-corrected chi connectivity index (χ1v) is 17.5. The Balaban J connectivity index is 1.46. The maximum atomic E-state index is 12.9. The second kappa shape index (κ2) is 14.3. The third-order valence-electron chi connectivity index (χ3n) is 12.8. The summed E-state index contributed by atoms with van der Waals surface area (Å²) in [6.45, 7) is 8.53. The van der Waals surface area contributed by atoms with E-state index < -0.39 is 0 Å². The Labute approximate surface area is 274 Å². The Morgan fingerprint density at radius 2 is 1.63 bits per heavy atom. The summed E-state index contributed by atoms with van der Waals surface area (Å²) in [6, 6.07) is 10.6. The van der Waals surface area contributed by atoms with Crippen LogP contribution in [0.25, 0.3) is 0 Å². The van der Waals surface area contributed by atoms with Crippen molar-refractivity contribution in [2.45, 2.75) is 90.5 Å². The van der Waals surface area contributed by atoms with Crippen molar-refractivity contribution in [3.8, 4) is 0 Å². The molecule has 11 atom stereocenters. The number of esters is 2. The lowest BCUT2D eigenvalue weighted by Crippen LogP contribution is -2.64. The lowest BCUT2D eigenvalue weighted by Gasteiger charge is -2.64. The maximum Gasteiger partial charge on any atom is 0.319 e. The molecule has 46 heavy (non-hydrogen) atoms. The lowest BCUT2D eigenvalue weighted by atomic mass is 9.43. The Morgan fingerprint density at radius 3 is 2.30 bits per heavy atom. The molecule has 0 unspecified atom stereocenters. The van der Waals surface area contributed by atoms with Crippen LogP contribution in [0.15, 0.2) is 30.3 Å². The predicted octanol–water partition coefficient (Wildman–Crippen LogP) is 2.82. The number of nitrogens with one attached hydrogen (secondary N) is 1. The van der Waals surface area contributed by atoms with Crippen molar-refractivity contribution >= 4 is 17.8 Å². The van der Waals surface area contributed by atoms with Crippen LogP contribution < -0.4 is 22.5 Å². The van der Waals surface area contributed by atoms with Gasteiger partial charge in [0.25, 0.3) is 0 Å². The summed E-state index contributed by atoms with van der Waals surface area (Å²) in [6.07, 6.45) is 5.58. The molecule has 1 aromatic carbocycles. The van der Waals surface area contributed by atoms with Gasteiger partial charge in [-0.1, -0.05) is 51.1 Å². The molecule has 4 aliphatic rings. The van der Waals surface area contributed by atoms with E-state index in [2.05, 4.69) is 62.3 Å². The van der Waals surface area contributed by atoms with Crippen LogP contribution in [-0.4, -0.2) is 74.2 Å². The average Bonchev–Trinajstić information content (AvgIpc) is 3.40. The van der Waals surface area contributed by atoms with Gasteiger partial charge in [0.05, 0.1) is 19.6 Å². The van der Waals surface area contributed by atoms with E-state index in [1.807, 2.05) is 6.07 Å². The zero-order valence-corrected chi connectivity index (χ0v) is 28.3. The molecule has 0 aliphatic heterocycles. The van der Waals surface area contributed by atoms with Gasteiger partial charge in [-0.25, -0.2) is 0 Å². The van der Waals surface area contributed by atoms with E-state index in [-0.39, 0.29) is 90.2 Å². The number of hydrogen-bond donors (Lipinski definition) is 4. The fraction of sp³-hybridized carbons (Fsp3) is 0.750. The molecule has 0 aromatic heterocycles. The van der Waals surface area contributed by atoms with Gasteiger partial charge >= 0.3 is 11.9 Å². The van der Waals surface area contributed by atoms with Crippen molar-refractivity contribution in [3.63, 3.8) is 0 Å². The van der Waals surface area contributed by atoms with Gasteiger partial charge in [0, 0.05) is 30.5 Å². The molecule has 4 aliphatic carbocycles. The van der Waals surface area contributed by atoms with Crippen LogP contribution in [-0.2, 0) is 30.4 Å². The van der Waals surface area contributed by atoms with E-state index in [1.54, 1.807) is 0 Å². The van der Waals surface area contributed by atoms with Gasteiger partial charge in [-0.05, 0) is 92.6 Å². The molecule has 4 fully saturated rings. The second-order valence-corrected chi connectivity index (χ2v) is 15.3. The Morgan fingerprint density at radius 1 is 0.935 bits per heavy atom. The molecular formula is C36H57N5O5. The summed E-state index contributed by atoms with van der Waals surface area (Å²) in [4.78, 5) is 40.3. The standard InChI is InChI=1S/C36H57N5O5/c1-22(20-41(4)21-23-8-6-5-7-9-23)26-10-11-27-34-28(16-30(36(26,27)3)46-33(44)19-39)35(2)13-12-25(40-31(42)17-37)14-24(35)15-29(34)45-32(43)18-38/h5-9,22,24-30,34H,10-21,37-39H2,1-4H3,(H,40,42)/t22-,24+,25-,26-,27+,28+,29-,30+,34+,35+,36-/m1/s1. The highest BCUT2D eigenvalue weighted by molar-refractivity contribution is 5.78. The monoisotopic (exact) mass is 639 g/mol. The normalized spacial score (nSPS) is 37.4. The van der Waals surface area contributed by atoms with E-state index in [0.29, 0.717) is 11.8 Å². The summed E-state index contributed by atoms with van der Waals surface area (Å²) in [5.74, 6) is 0.593. The molecule has 0 heterocycles. The minimum atomic E-state index is -0.375. The summed E-state index contributed by atoms with van der Waals surface area (Å²) < 4.78 is 12.6. The number of carbonyl (C=O) groups is 3. The highest BCUT2D eigenvalue weighted by Gasteiger charge is 2.67. The van der Waals surface area contributed by atoms with Crippen LogP contribution in [0.5, 0.6) is 0 Å². The Kier molecular flexibility index (Phi) is 10.8. The smallest absolute Gasteiger partial charge is 0.319 e. The third kappa shape index (κ3) is 6.73. The van der Waals surface area contributed by atoms with Gasteiger partial charge in [0.1, 0.15) is 12.2 Å². The number of nitrogens with two attached hydrogens (primary N) is 3. The fourth-order valence-corrected chi connectivity index (χ4v) is 10.8. The number of rotatable bonds is 11. The minimum absolute atomic E-state index is 0.0318. The topological polar surface area (TPSA) is 163 Å². The van der Waals surface area contributed by atoms with Gasteiger partial charge in [0.15, 0.2) is 0 Å². The molecule has 0 spiro atoms. The summed E-state index contributed by atoms with van der Waals surface area (Å²) in [5, 5.41) is 3.11.